The molecule has 9 nitrogen and oxygen atoms in total. The van der Waals surface area contributed by atoms with E-state index in [0.29, 0.717) is 19.3 Å². The highest BCUT2D eigenvalue weighted by atomic mass is 32.2. The number of sulfonamides is 1. The third-order valence-electron chi connectivity index (χ3n) is 7.56. The van der Waals surface area contributed by atoms with Gasteiger partial charge in [-0.3, -0.25) is 14.6 Å². The summed E-state index contributed by atoms with van der Waals surface area (Å²) in [5, 5.41) is 24.9. The van der Waals surface area contributed by atoms with Gasteiger partial charge in [0.15, 0.2) is 0 Å². The number of aliphatic hydroxyl groups excluding tert-OH is 1. The summed E-state index contributed by atoms with van der Waals surface area (Å²) in [5.74, 6) is -1.85. The van der Waals surface area contributed by atoms with E-state index in [1.807, 2.05) is 67.6 Å². The molecule has 1 heterocycles. The lowest BCUT2D eigenvalue weighted by atomic mass is 9.87. The number of nitrogens with zero attached hydrogens (tertiary/aromatic N) is 1. The minimum atomic E-state index is -3.74. The minimum absolute atomic E-state index is 0.101. The van der Waals surface area contributed by atoms with E-state index in [4.69, 9.17) is 0 Å². The van der Waals surface area contributed by atoms with Crippen molar-refractivity contribution >= 4 is 44.6 Å². The third kappa shape index (κ3) is 8.75. The van der Waals surface area contributed by atoms with Gasteiger partial charge in [-0.25, -0.2) is 13.1 Å². The fourth-order valence-electron chi connectivity index (χ4n) is 5.66. The number of carboxylic acids is 1. The third-order valence-corrected chi connectivity index (χ3v) is 9.41. The number of carbonyl (C=O) groups excluding carboxylic acids is 1. The van der Waals surface area contributed by atoms with E-state index in [9.17, 15) is 28.2 Å². The molecule has 220 valence electrons. The predicted molar refractivity (Wildman–Crippen MR) is 160 cm³/mol. The van der Waals surface area contributed by atoms with E-state index in [-0.39, 0.29) is 24.0 Å². The number of aliphatic hydroxyl groups is 1. The number of pyridine rings is 1. The number of benzene rings is 2. The summed E-state index contributed by atoms with van der Waals surface area (Å²) >= 11 is 1.32. The lowest BCUT2D eigenvalue weighted by Gasteiger charge is -2.29. The molecule has 0 spiro atoms. The lowest BCUT2D eigenvalue weighted by Crippen LogP contribution is -2.54. The average molecular weight is 600 g/mol. The van der Waals surface area contributed by atoms with E-state index in [2.05, 4.69) is 15.0 Å². The van der Waals surface area contributed by atoms with Gasteiger partial charge in [0.2, 0.25) is 15.9 Å². The number of rotatable bonds is 13. The summed E-state index contributed by atoms with van der Waals surface area (Å²) in [6.45, 7) is 2.01. The number of carbonyl (C=O) groups is 2. The fraction of sp³-hybridized carbons (Fsp3) is 0.433. The number of amides is 1. The van der Waals surface area contributed by atoms with Crippen molar-refractivity contribution in [3.05, 3.63) is 72.4 Å². The van der Waals surface area contributed by atoms with Gasteiger partial charge in [0.05, 0.1) is 29.8 Å². The molecule has 3 aromatic rings. The molecule has 1 saturated carbocycles. The molecule has 1 aromatic heterocycles. The van der Waals surface area contributed by atoms with E-state index in [1.54, 1.807) is 6.20 Å². The number of hydrogen-bond donors (Lipinski definition) is 4. The number of carboxylic acid groups (broad SMARTS) is 1. The van der Waals surface area contributed by atoms with Gasteiger partial charge in [-0.05, 0) is 55.2 Å². The smallest absolute Gasteiger partial charge is 0.306 e. The van der Waals surface area contributed by atoms with Crippen LogP contribution < -0.4 is 10.0 Å². The Hall–Kier alpha value is -2.99. The topological polar surface area (TPSA) is 146 Å². The van der Waals surface area contributed by atoms with Crippen LogP contribution in [-0.4, -0.2) is 65.7 Å². The number of nitrogens with one attached hydrogen (secondary N) is 2. The number of hydrogen-bond acceptors (Lipinski definition) is 7. The molecule has 0 saturated heterocycles. The van der Waals surface area contributed by atoms with Crippen LogP contribution >= 0.6 is 11.8 Å². The standard InChI is InChI=1S/C30H37N3O6S2/c1-19-14-22(23(15-19)30(36)37)17-26(34)24(16-20-8-4-3-5-9-20)32-29(35)25(33-41(2,38)39)18-40-27-12-6-10-21-11-7-13-31-28(21)27/h3-13,19,22-26,33-34H,14-18H2,1-2H3,(H,32,35)(H,36,37). The van der Waals surface area contributed by atoms with Gasteiger partial charge >= 0.3 is 5.97 Å². The molecule has 4 rings (SSSR count). The maximum atomic E-state index is 13.6. The molecule has 0 aliphatic heterocycles. The van der Waals surface area contributed by atoms with Crippen LogP contribution in [0, 0.1) is 17.8 Å². The van der Waals surface area contributed by atoms with Crippen LogP contribution in [0.5, 0.6) is 0 Å². The zero-order valence-electron chi connectivity index (χ0n) is 23.1. The van der Waals surface area contributed by atoms with Crippen LogP contribution in [0.4, 0.5) is 0 Å². The van der Waals surface area contributed by atoms with Crippen LogP contribution in [-0.2, 0) is 26.0 Å². The van der Waals surface area contributed by atoms with Gasteiger partial charge in [-0.2, -0.15) is 0 Å². The van der Waals surface area contributed by atoms with E-state index in [0.717, 1.165) is 27.6 Å². The molecule has 1 fully saturated rings. The van der Waals surface area contributed by atoms with Crippen molar-refractivity contribution in [3.8, 4) is 0 Å². The molecule has 2 aromatic carbocycles. The Morgan fingerprint density at radius 3 is 2.51 bits per heavy atom. The summed E-state index contributed by atoms with van der Waals surface area (Å²) in [6.07, 6.45) is 3.43. The summed E-state index contributed by atoms with van der Waals surface area (Å²) < 4.78 is 26.9. The fourth-order valence-corrected chi connectivity index (χ4v) is 7.54. The van der Waals surface area contributed by atoms with Crippen molar-refractivity contribution in [2.75, 3.05) is 12.0 Å². The second-order valence-corrected chi connectivity index (χ2v) is 13.8. The van der Waals surface area contributed by atoms with Crippen molar-refractivity contribution in [2.24, 2.45) is 17.8 Å². The second kappa shape index (κ2) is 13.8. The van der Waals surface area contributed by atoms with Crippen molar-refractivity contribution in [3.63, 3.8) is 0 Å². The molecule has 0 radical (unpaired) electrons. The Kier molecular flexibility index (Phi) is 10.4. The maximum absolute atomic E-state index is 13.6. The summed E-state index contributed by atoms with van der Waals surface area (Å²) in [7, 11) is -3.74. The lowest BCUT2D eigenvalue weighted by molar-refractivity contribution is -0.143. The number of aromatic nitrogens is 1. The van der Waals surface area contributed by atoms with Crippen molar-refractivity contribution in [1.82, 2.24) is 15.0 Å². The number of aliphatic carboxylic acids is 1. The Morgan fingerprint density at radius 1 is 1.07 bits per heavy atom. The number of fused-ring (bicyclic) bond motifs is 1. The van der Waals surface area contributed by atoms with Gasteiger partial charge in [0, 0.05) is 22.2 Å². The molecule has 1 aliphatic rings. The normalized spacial score (nSPS) is 21.3. The maximum Gasteiger partial charge on any atom is 0.306 e. The van der Waals surface area contributed by atoms with Crippen molar-refractivity contribution in [2.45, 2.75) is 55.7 Å². The number of thioether (sulfide) groups is 1. The van der Waals surface area contributed by atoms with Gasteiger partial charge in [0.25, 0.3) is 0 Å². The van der Waals surface area contributed by atoms with Crippen molar-refractivity contribution in [1.29, 1.82) is 0 Å². The number of para-hydroxylation sites is 1. The monoisotopic (exact) mass is 599 g/mol. The second-order valence-electron chi connectivity index (χ2n) is 11.0. The molecule has 0 bridgehead atoms. The molecule has 11 heteroatoms. The SMILES string of the molecule is CC1CC(CC(O)C(Cc2ccccc2)NC(=O)C(CSc2cccc3cccnc23)NS(C)(=O)=O)C(C(=O)O)C1. The molecule has 6 atom stereocenters. The van der Waals surface area contributed by atoms with Crippen LogP contribution in [0.1, 0.15) is 31.7 Å². The Morgan fingerprint density at radius 2 is 1.80 bits per heavy atom. The van der Waals surface area contributed by atoms with E-state index in [1.165, 1.54) is 11.8 Å². The highest BCUT2D eigenvalue weighted by Gasteiger charge is 2.39. The van der Waals surface area contributed by atoms with Crippen LogP contribution in [0.15, 0.2) is 71.8 Å². The summed E-state index contributed by atoms with van der Waals surface area (Å²) in [6, 6.07) is 17.0. The highest BCUT2D eigenvalue weighted by molar-refractivity contribution is 7.99. The minimum Gasteiger partial charge on any atom is -0.481 e. The molecule has 1 aliphatic carbocycles. The average Bonchev–Trinajstić information content (AvgIpc) is 3.30. The molecule has 1 amide bonds. The van der Waals surface area contributed by atoms with Crippen LogP contribution in [0.2, 0.25) is 0 Å². The Bertz CT molecular complexity index is 1450. The highest BCUT2D eigenvalue weighted by Crippen LogP contribution is 2.39. The Balaban J connectivity index is 1.53. The van der Waals surface area contributed by atoms with E-state index >= 15 is 0 Å². The van der Waals surface area contributed by atoms with Gasteiger partial charge < -0.3 is 15.5 Å². The van der Waals surface area contributed by atoms with Crippen LogP contribution in [0.3, 0.4) is 0 Å². The first kappa shape index (κ1) is 31.0. The van der Waals surface area contributed by atoms with Gasteiger partial charge in [-0.1, -0.05) is 55.5 Å². The Labute approximate surface area is 245 Å². The molecule has 4 N–H and O–H groups in total. The molecule has 41 heavy (non-hydrogen) atoms. The zero-order valence-corrected chi connectivity index (χ0v) is 24.8. The zero-order chi connectivity index (χ0) is 29.6. The molecular weight excluding hydrogens is 562 g/mol. The quantitative estimate of drug-likeness (QED) is 0.219. The largest absolute Gasteiger partial charge is 0.481 e. The van der Waals surface area contributed by atoms with Crippen LogP contribution in [0.25, 0.3) is 10.9 Å². The van der Waals surface area contributed by atoms with E-state index < -0.39 is 46.0 Å². The molecule has 6 unspecified atom stereocenters. The summed E-state index contributed by atoms with van der Waals surface area (Å²) in [4.78, 5) is 30.7. The first-order valence-electron chi connectivity index (χ1n) is 13.7. The van der Waals surface area contributed by atoms with Crippen molar-refractivity contribution < 1.29 is 28.2 Å². The summed E-state index contributed by atoms with van der Waals surface area (Å²) in [5.41, 5.74) is 1.64. The predicted octanol–water partition coefficient (Wildman–Crippen LogP) is 3.47. The van der Waals surface area contributed by atoms with Gasteiger partial charge in [-0.15, -0.1) is 11.8 Å². The first-order chi connectivity index (χ1) is 19.5. The van der Waals surface area contributed by atoms with Gasteiger partial charge in [0.1, 0.15) is 6.04 Å². The molecular formula is C30H37N3O6S2. The first-order valence-corrected chi connectivity index (χ1v) is 16.6.